The van der Waals surface area contributed by atoms with Gasteiger partial charge in [-0.15, -0.1) is 0 Å². The lowest BCUT2D eigenvalue weighted by molar-refractivity contribution is 0.102. The van der Waals surface area contributed by atoms with Crippen LogP contribution in [0, 0.1) is 12.7 Å². The number of H-pyrrole nitrogens is 1. The monoisotopic (exact) mass is 324 g/mol. The number of amides is 1. The van der Waals surface area contributed by atoms with E-state index in [1.807, 2.05) is 0 Å². The Morgan fingerprint density at radius 1 is 1.37 bits per heavy atom. The van der Waals surface area contributed by atoms with Crippen molar-refractivity contribution in [3.8, 4) is 0 Å². The van der Waals surface area contributed by atoms with Crippen molar-refractivity contribution in [3.63, 3.8) is 0 Å². The van der Waals surface area contributed by atoms with Gasteiger partial charge in [-0.1, -0.05) is 11.6 Å². The second kappa shape index (κ2) is 5.36. The van der Waals surface area contributed by atoms with Gasteiger partial charge in [0.15, 0.2) is 0 Å². The number of anilines is 1. The van der Waals surface area contributed by atoms with Crippen molar-refractivity contribution in [2.24, 2.45) is 0 Å². The minimum Gasteiger partial charge on any atom is -0.326 e. The summed E-state index contributed by atoms with van der Waals surface area (Å²) in [6.07, 6.45) is 1.45. The first-order valence-corrected chi connectivity index (χ1v) is 6.22. The summed E-state index contributed by atoms with van der Waals surface area (Å²) in [5.41, 5.74) is 0.263. The SMILES string of the molecule is Cc1ccc(F)c(C(=O)Nc2cc(Br)c[nH]c2=O)c1. The van der Waals surface area contributed by atoms with Crippen LogP contribution in [0.15, 0.2) is 39.7 Å². The van der Waals surface area contributed by atoms with Crippen LogP contribution in [0.4, 0.5) is 10.1 Å². The van der Waals surface area contributed by atoms with Gasteiger partial charge in [0.05, 0.1) is 5.56 Å². The third-order valence-electron chi connectivity index (χ3n) is 2.48. The molecule has 2 aromatic rings. The Labute approximate surface area is 116 Å². The first-order chi connectivity index (χ1) is 8.97. The molecule has 19 heavy (non-hydrogen) atoms. The minimum absolute atomic E-state index is 0.0558. The Balaban J connectivity index is 2.33. The lowest BCUT2D eigenvalue weighted by Crippen LogP contribution is -2.20. The van der Waals surface area contributed by atoms with Crippen LogP contribution in [-0.2, 0) is 0 Å². The van der Waals surface area contributed by atoms with Crippen LogP contribution in [0.2, 0.25) is 0 Å². The first kappa shape index (κ1) is 13.5. The van der Waals surface area contributed by atoms with E-state index in [4.69, 9.17) is 0 Å². The van der Waals surface area contributed by atoms with Crippen molar-refractivity contribution >= 4 is 27.5 Å². The zero-order chi connectivity index (χ0) is 14.0. The van der Waals surface area contributed by atoms with Crippen LogP contribution in [0.25, 0.3) is 0 Å². The summed E-state index contributed by atoms with van der Waals surface area (Å²) in [6, 6.07) is 5.66. The molecule has 1 aromatic heterocycles. The smallest absolute Gasteiger partial charge is 0.271 e. The molecule has 1 amide bonds. The molecule has 2 N–H and O–H groups in total. The summed E-state index contributed by atoms with van der Waals surface area (Å²) in [7, 11) is 0. The van der Waals surface area contributed by atoms with Gasteiger partial charge in [-0.25, -0.2) is 4.39 Å². The van der Waals surface area contributed by atoms with Crippen molar-refractivity contribution in [2.45, 2.75) is 6.92 Å². The molecule has 98 valence electrons. The summed E-state index contributed by atoms with van der Waals surface area (Å²) < 4.78 is 14.2. The minimum atomic E-state index is -0.662. The zero-order valence-electron chi connectivity index (χ0n) is 9.96. The molecule has 0 saturated carbocycles. The number of halogens is 2. The van der Waals surface area contributed by atoms with E-state index in [1.165, 1.54) is 24.4 Å². The molecular weight excluding hydrogens is 315 g/mol. The average Bonchev–Trinajstić information content (AvgIpc) is 2.36. The van der Waals surface area contributed by atoms with Crippen LogP contribution in [-0.4, -0.2) is 10.9 Å². The van der Waals surface area contributed by atoms with Crippen molar-refractivity contribution in [1.82, 2.24) is 4.98 Å². The molecule has 0 atom stereocenters. The highest BCUT2D eigenvalue weighted by Gasteiger charge is 2.13. The Bertz CT molecular complexity index is 697. The summed E-state index contributed by atoms with van der Waals surface area (Å²) in [5, 5.41) is 2.38. The molecule has 6 heteroatoms. The summed E-state index contributed by atoms with van der Waals surface area (Å²) in [6.45, 7) is 1.75. The maximum absolute atomic E-state index is 13.5. The number of aromatic nitrogens is 1. The Hall–Kier alpha value is -1.95. The van der Waals surface area contributed by atoms with Gasteiger partial charge in [0.1, 0.15) is 11.5 Å². The number of carbonyl (C=O) groups excluding carboxylic acids is 1. The predicted molar refractivity (Wildman–Crippen MR) is 73.9 cm³/mol. The van der Waals surface area contributed by atoms with Gasteiger partial charge in [0.25, 0.3) is 11.5 Å². The lowest BCUT2D eigenvalue weighted by Gasteiger charge is -2.06. The maximum atomic E-state index is 13.5. The van der Waals surface area contributed by atoms with E-state index in [2.05, 4.69) is 26.2 Å². The van der Waals surface area contributed by atoms with Crippen LogP contribution in [0.5, 0.6) is 0 Å². The van der Waals surface area contributed by atoms with E-state index >= 15 is 0 Å². The highest BCUT2D eigenvalue weighted by atomic mass is 79.9. The molecule has 0 spiro atoms. The van der Waals surface area contributed by atoms with Gasteiger partial charge in [0, 0.05) is 10.7 Å². The van der Waals surface area contributed by atoms with Crippen molar-refractivity contribution < 1.29 is 9.18 Å². The predicted octanol–water partition coefficient (Wildman–Crippen LogP) is 2.84. The molecule has 4 nitrogen and oxygen atoms in total. The number of hydrogen-bond donors (Lipinski definition) is 2. The second-order valence-electron chi connectivity index (χ2n) is 4.00. The Kier molecular flexibility index (Phi) is 3.80. The Morgan fingerprint density at radius 3 is 2.84 bits per heavy atom. The molecule has 2 rings (SSSR count). The van der Waals surface area contributed by atoms with E-state index in [1.54, 1.807) is 13.0 Å². The van der Waals surface area contributed by atoms with E-state index in [9.17, 15) is 14.0 Å². The number of nitrogens with one attached hydrogen (secondary N) is 2. The van der Waals surface area contributed by atoms with Gasteiger partial charge >= 0.3 is 0 Å². The first-order valence-electron chi connectivity index (χ1n) is 5.43. The maximum Gasteiger partial charge on any atom is 0.271 e. The quantitative estimate of drug-likeness (QED) is 0.892. The fraction of sp³-hybridized carbons (Fsp3) is 0.0769. The van der Waals surface area contributed by atoms with E-state index in [0.29, 0.717) is 4.47 Å². The van der Waals surface area contributed by atoms with Crippen LogP contribution in [0.3, 0.4) is 0 Å². The normalized spacial score (nSPS) is 10.3. The number of rotatable bonds is 2. The third-order valence-corrected chi connectivity index (χ3v) is 2.94. The molecule has 0 aliphatic carbocycles. The van der Waals surface area contributed by atoms with Crippen LogP contribution < -0.4 is 10.9 Å². The van der Waals surface area contributed by atoms with Gasteiger partial charge in [-0.3, -0.25) is 9.59 Å². The second-order valence-corrected chi connectivity index (χ2v) is 4.91. The summed E-state index contributed by atoms with van der Waals surface area (Å²) in [4.78, 5) is 25.9. The van der Waals surface area contributed by atoms with Crippen LogP contribution in [0.1, 0.15) is 15.9 Å². The average molecular weight is 325 g/mol. The fourth-order valence-electron chi connectivity index (χ4n) is 1.55. The summed E-state index contributed by atoms with van der Waals surface area (Å²) in [5.74, 6) is -1.29. The number of benzene rings is 1. The van der Waals surface area contributed by atoms with Crippen molar-refractivity contribution in [3.05, 3.63) is 62.2 Å². The van der Waals surface area contributed by atoms with E-state index in [0.717, 1.165) is 5.56 Å². The molecule has 1 aromatic carbocycles. The van der Waals surface area contributed by atoms with Crippen molar-refractivity contribution in [1.29, 1.82) is 0 Å². The standard InChI is InChI=1S/C13H10BrFN2O2/c1-7-2-3-10(15)9(4-7)12(18)17-11-5-8(14)6-16-13(11)19/h2-6H,1H3,(H,16,19)(H,17,18). The van der Waals surface area contributed by atoms with E-state index < -0.39 is 17.3 Å². The fourth-order valence-corrected chi connectivity index (χ4v) is 1.90. The molecular formula is C13H10BrFN2O2. The number of aromatic amines is 1. The molecule has 0 radical (unpaired) electrons. The molecule has 0 aliphatic heterocycles. The van der Waals surface area contributed by atoms with Crippen LogP contribution >= 0.6 is 15.9 Å². The van der Waals surface area contributed by atoms with Gasteiger partial charge in [-0.05, 0) is 41.1 Å². The summed E-state index contributed by atoms with van der Waals surface area (Å²) >= 11 is 3.17. The largest absolute Gasteiger partial charge is 0.326 e. The highest BCUT2D eigenvalue weighted by molar-refractivity contribution is 9.10. The number of hydrogen-bond acceptors (Lipinski definition) is 2. The number of pyridine rings is 1. The van der Waals surface area contributed by atoms with Crippen molar-refractivity contribution in [2.75, 3.05) is 5.32 Å². The number of carbonyl (C=O) groups is 1. The van der Waals surface area contributed by atoms with E-state index in [-0.39, 0.29) is 11.3 Å². The number of aryl methyl sites for hydroxylation is 1. The zero-order valence-corrected chi connectivity index (χ0v) is 11.5. The molecule has 0 aliphatic rings. The third kappa shape index (κ3) is 3.08. The van der Waals surface area contributed by atoms with Gasteiger partial charge in [0.2, 0.25) is 0 Å². The topological polar surface area (TPSA) is 62.0 Å². The highest BCUT2D eigenvalue weighted by Crippen LogP contribution is 2.14. The molecule has 0 saturated heterocycles. The van der Waals surface area contributed by atoms with Gasteiger partial charge in [-0.2, -0.15) is 0 Å². The molecule has 1 heterocycles. The molecule has 0 bridgehead atoms. The van der Waals surface area contributed by atoms with Gasteiger partial charge < -0.3 is 10.3 Å². The Morgan fingerprint density at radius 2 is 2.11 bits per heavy atom. The molecule has 0 fully saturated rings. The lowest BCUT2D eigenvalue weighted by atomic mass is 10.1. The molecule has 0 unspecified atom stereocenters.